The topological polar surface area (TPSA) is 76.1 Å². The van der Waals surface area contributed by atoms with Crippen molar-refractivity contribution in [2.75, 3.05) is 39.3 Å². The first-order valence-corrected chi connectivity index (χ1v) is 10.9. The monoisotopic (exact) mass is 400 g/mol. The molecule has 3 heterocycles. The van der Waals surface area contributed by atoms with Crippen LogP contribution in [0.5, 0.6) is 0 Å². The van der Waals surface area contributed by atoms with Gasteiger partial charge in [0.05, 0.1) is 6.10 Å². The van der Waals surface area contributed by atoms with E-state index in [1.807, 2.05) is 4.90 Å². The van der Waals surface area contributed by atoms with Gasteiger partial charge < -0.3 is 20.2 Å². The first-order valence-electron chi connectivity index (χ1n) is 10.9. The van der Waals surface area contributed by atoms with Gasteiger partial charge in [0.2, 0.25) is 5.91 Å². The van der Waals surface area contributed by atoms with E-state index in [9.17, 15) is 14.7 Å². The number of aliphatic hydroxyl groups is 1. The number of fused-ring (bicyclic) bond motifs is 1. The number of carbonyl (C=O) groups is 2. The van der Waals surface area contributed by atoms with Crippen molar-refractivity contribution in [1.82, 2.24) is 20.0 Å². The average Bonchev–Trinajstić information content (AvgIpc) is 3.18. The summed E-state index contributed by atoms with van der Waals surface area (Å²) in [5, 5.41) is 13.3. The summed E-state index contributed by atoms with van der Waals surface area (Å²) in [6.45, 7) is 4.70. The summed E-state index contributed by atoms with van der Waals surface area (Å²) in [6, 6.07) is 8.45. The number of piperidine rings is 1. The summed E-state index contributed by atoms with van der Waals surface area (Å²) in [7, 11) is 0. The molecule has 1 aromatic carbocycles. The predicted molar refractivity (Wildman–Crippen MR) is 110 cm³/mol. The molecule has 1 aromatic rings. The third kappa shape index (κ3) is 4.90. The molecule has 4 rings (SSSR count). The molecule has 29 heavy (non-hydrogen) atoms. The molecule has 0 radical (unpaired) electrons. The van der Waals surface area contributed by atoms with E-state index in [1.54, 1.807) is 4.90 Å². The van der Waals surface area contributed by atoms with Gasteiger partial charge in [-0.2, -0.15) is 0 Å². The Balaban J connectivity index is 1.21. The molecule has 2 fully saturated rings. The standard InChI is InChI=1S/C22H32N4O3/c27-20(16-24-12-9-17-5-1-2-6-18(17)14-24)13-23-22(29)25-10-3-7-19(15-25)26-11-4-8-21(26)28/h1-2,5-6,19-20,27H,3-4,7-16H2,(H,23,29). The van der Waals surface area contributed by atoms with Gasteiger partial charge in [-0.05, 0) is 36.8 Å². The molecular weight excluding hydrogens is 368 g/mol. The Morgan fingerprint density at radius 2 is 1.97 bits per heavy atom. The van der Waals surface area contributed by atoms with Crippen LogP contribution in [0.2, 0.25) is 0 Å². The molecular formula is C22H32N4O3. The number of hydrogen-bond donors (Lipinski definition) is 2. The van der Waals surface area contributed by atoms with Crippen LogP contribution in [-0.2, 0) is 17.8 Å². The predicted octanol–water partition coefficient (Wildman–Crippen LogP) is 1.20. The number of nitrogens with zero attached hydrogens (tertiary/aromatic N) is 3. The Kier molecular flexibility index (Phi) is 6.35. The number of urea groups is 1. The highest BCUT2D eigenvalue weighted by Gasteiger charge is 2.32. The van der Waals surface area contributed by atoms with Crippen molar-refractivity contribution in [1.29, 1.82) is 0 Å². The molecule has 2 saturated heterocycles. The van der Waals surface area contributed by atoms with Crippen molar-refractivity contribution in [2.45, 2.75) is 50.8 Å². The number of benzene rings is 1. The van der Waals surface area contributed by atoms with Crippen LogP contribution in [0.3, 0.4) is 0 Å². The van der Waals surface area contributed by atoms with Crippen molar-refractivity contribution in [3.05, 3.63) is 35.4 Å². The second-order valence-corrected chi connectivity index (χ2v) is 8.53. The van der Waals surface area contributed by atoms with E-state index in [4.69, 9.17) is 0 Å². The number of rotatable bonds is 5. The maximum Gasteiger partial charge on any atom is 0.317 e. The number of hydrogen-bond acceptors (Lipinski definition) is 4. The highest BCUT2D eigenvalue weighted by molar-refractivity contribution is 5.79. The summed E-state index contributed by atoms with van der Waals surface area (Å²) < 4.78 is 0. The number of likely N-dealkylation sites (tertiary alicyclic amines) is 2. The summed E-state index contributed by atoms with van der Waals surface area (Å²) in [6.07, 6.45) is 3.85. The largest absolute Gasteiger partial charge is 0.390 e. The third-order valence-electron chi connectivity index (χ3n) is 6.40. The van der Waals surface area contributed by atoms with Gasteiger partial charge in [0.25, 0.3) is 0 Å². The third-order valence-corrected chi connectivity index (χ3v) is 6.40. The molecule has 158 valence electrons. The fourth-order valence-electron chi connectivity index (χ4n) is 4.84. The molecule has 3 amide bonds. The first-order chi connectivity index (χ1) is 14.1. The van der Waals surface area contributed by atoms with Gasteiger partial charge in [0.15, 0.2) is 0 Å². The molecule has 3 aliphatic heterocycles. The van der Waals surface area contributed by atoms with E-state index < -0.39 is 6.10 Å². The zero-order chi connectivity index (χ0) is 20.2. The lowest BCUT2D eigenvalue weighted by atomic mass is 10.00. The van der Waals surface area contributed by atoms with Crippen molar-refractivity contribution >= 4 is 11.9 Å². The van der Waals surface area contributed by atoms with Gasteiger partial charge in [0, 0.05) is 58.3 Å². The minimum atomic E-state index is -0.593. The van der Waals surface area contributed by atoms with Crippen LogP contribution in [0.15, 0.2) is 24.3 Å². The van der Waals surface area contributed by atoms with E-state index in [1.165, 1.54) is 11.1 Å². The Bertz CT molecular complexity index is 741. The molecule has 0 saturated carbocycles. The maximum atomic E-state index is 12.6. The highest BCUT2D eigenvalue weighted by Crippen LogP contribution is 2.21. The van der Waals surface area contributed by atoms with E-state index in [2.05, 4.69) is 34.5 Å². The van der Waals surface area contributed by atoms with E-state index in [-0.39, 0.29) is 24.5 Å². The number of β-amino-alcohol motifs (C(OH)–C–C–N with tert-alkyl or cyclic N) is 1. The van der Waals surface area contributed by atoms with Crippen LogP contribution >= 0.6 is 0 Å². The Morgan fingerprint density at radius 1 is 1.14 bits per heavy atom. The van der Waals surface area contributed by atoms with Crippen LogP contribution < -0.4 is 5.32 Å². The maximum absolute atomic E-state index is 12.6. The average molecular weight is 401 g/mol. The lowest BCUT2D eigenvalue weighted by Crippen LogP contribution is -2.53. The van der Waals surface area contributed by atoms with Gasteiger partial charge in [-0.25, -0.2) is 4.79 Å². The van der Waals surface area contributed by atoms with Gasteiger partial charge in [0.1, 0.15) is 0 Å². The first kappa shape index (κ1) is 20.2. The van der Waals surface area contributed by atoms with E-state index in [0.29, 0.717) is 26.1 Å². The normalized spacial score (nSPS) is 23.8. The molecule has 3 aliphatic rings. The minimum Gasteiger partial charge on any atom is -0.390 e. The molecule has 0 spiro atoms. The fourth-order valence-corrected chi connectivity index (χ4v) is 4.84. The molecule has 0 bridgehead atoms. The summed E-state index contributed by atoms with van der Waals surface area (Å²) in [5.74, 6) is 0.218. The number of carbonyl (C=O) groups excluding carboxylic acids is 2. The van der Waals surface area contributed by atoms with Crippen LogP contribution in [0.4, 0.5) is 4.79 Å². The van der Waals surface area contributed by atoms with Crippen molar-refractivity contribution in [3.63, 3.8) is 0 Å². The zero-order valence-electron chi connectivity index (χ0n) is 17.1. The molecule has 0 aromatic heterocycles. The van der Waals surface area contributed by atoms with Crippen molar-refractivity contribution in [2.24, 2.45) is 0 Å². The lowest BCUT2D eigenvalue weighted by molar-refractivity contribution is -0.130. The summed E-state index contributed by atoms with van der Waals surface area (Å²) >= 11 is 0. The van der Waals surface area contributed by atoms with Gasteiger partial charge >= 0.3 is 6.03 Å². The van der Waals surface area contributed by atoms with Crippen molar-refractivity contribution in [3.8, 4) is 0 Å². The molecule has 7 nitrogen and oxygen atoms in total. The number of aliphatic hydroxyl groups excluding tert-OH is 1. The van der Waals surface area contributed by atoms with Crippen LogP contribution in [0, 0.1) is 0 Å². The van der Waals surface area contributed by atoms with Crippen LogP contribution in [-0.4, -0.2) is 83.2 Å². The fraction of sp³-hybridized carbons (Fsp3) is 0.636. The molecule has 2 N–H and O–H groups in total. The molecule has 2 unspecified atom stereocenters. The van der Waals surface area contributed by atoms with Crippen molar-refractivity contribution < 1.29 is 14.7 Å². The second-order valence-electron chi connectivity index (χ2n) is 8.53. The van der Waals surface area contributed by atoms with Crippen LogP contribution in [0.1, 0.15) is 36.8 Å². The van der Waals surface area contributed by atoms with Gasteiger partial charge in [-0.15, -0.1) is 0 Å². The molecule has 7 heteroatoms. The summed E-state index contributed by atoms with van der Waals surface area (Å²) in [4.78, 5) is 30.6. The number of amides is 3. The highest BCUT2D eigenvalue weighted by atomic mass is 16.3. The second kappa shape index (κ2) is 9.13. The smallest absolute Gasteiger partial charge is 0.317 e. The lowest BCUT2D eigenvalue weighted by Gasteiger charge is -2.37. The quantitative estimate of drug-likeness (QED) is 0.779. The van der Waals surface area contributed by atoms with Gasteiger partial charge in [-0.3, -0.25) is 9.69 Å². The Labute approximate surface area is 172 Å². The van der Waals surface area contributed by atoms with Crippen LogP contribution in [0.25, 0.3) is 0 Å². The minimum absolute atomic E-state index is 0.135. The van der Waals surface area contributed by atoms with Gasteiger partial charge in [-0.1, -0.05) is 24.3 Å². The summed E-state index contributed by atoms with van der Waals surface area (Å²) in [5.41, 5.74) is 2.72. The Hall–Kier alpha value is -2.12. The Morgan fingerprint density at radius 3 is 2.76 bits per heavy atom. The SMILES string of the molecule is O=C(NCC(O)CN1CCc2ccccc2C1)N1CCCC(N2CCCC2=O)C1. The zero-order valence-corrected chi connectivity index (χ0v) is 17.1. The molecule has 2 atom stereocenters. The van der Waals surface area contributed by atoms with E-state index >= 15 is 0 Å². The molecule has 0 aliphatic carbocycles. The van der Waals surface area contributed by atoms with E-state index in [0.717, 1.165) is 45.3 Å². The number of nitrogens with one attached hydrogen (secondary N) is 1.